The maximum Gasteiger partial charge on any atom is 0.302 e. The van der Waals surface area contributed by atoms with Crippen molar-refractivity contribution in [3.63, 3.8) is 0 Å². The third-order valence-electron chi connectivity index (χ3n) is 7.36. The fraction of sp³-hybridized carbons (Fsp3) is 0.714. The zero-order chi connectivity index (χ0) is 17.8. The first-order valence-electron chi connectivity index (χ1n) is 9.71. The van der Waals surface area contributed by atoms with E-state index in [1.54, 1.807) is 5.57 Å². The van der Waals surface area contributed by atoms with Gasteiger partial charge in [0, 0.05) is 31.2 Å². The second kappa shape index (κ2) is 5.72. The first kappa shape index (κ1) is 16.9. The van der Waals surface area contributed by atoms with Crippen molar-refractivity contribution in [1.29, 1.82) is 0 Å². The summed E-state index contributed by atoms with van der Waals surface area (Å²) in [7, 11) is 0. The van der Waals surface area contributed by atoms with Crippen LogP contribution in [0.5, 0.6) is 0 Å². The van der Waals surface area contributed by atoms with E-state index in [9.17, 15) is 9.59 Å². The summed E-state index contributed by atoms with van der Waals surface area (Å²) in [4.78, 5) is 23.2. The van der Waals surface area contributed by atoms with Crippen LogP contribution in [0.1, 0.15) is 65.7 Å². The summed E-state index contributed by atoms with van der Waals surface area (Å²) >= 11 is 0. The Morgan fingerprint density at radius 2 is 1.96 bits per heavy atom. The molecule has 5 atom stereocenters. The van der Waals surface area contributed by atoms with Gasteiger partial charge in [0.1, 0.15) is 6.10 Å². The van der Waals surface area contributed by atoms with Gasteiger partial charge in [0.2, 0.25) is 5.91 Å². The number of hydrogen-bond donors (Lipinski definition) is 1. The van der Waals surface area contributed by atoms with Gasteiger partial charge in [-0.25, -0.2) is 0 Å². The van der Waals surface area contributed by atoms with E-state index in [4.69, 9.17) is 4.74 Å². The average Bonchev–Trinajstić information content (AvgIpc) is 2.53. The van der Waals surface area contributed by atoms with Gasteiger partial charge in [-0.3, -0.25) is 9.59 Å². The van der Waals surface area contributed by atoms with Crippen molar-refractivity contribution in [2.24, 2.45) is 17.3 Å². The Hall–Kier alpha value is -1.58. The predicted octanol–water partition coefficient (Wildman–Crippen LogP) is 3.67. The predicted molar refractivity (Wildman–Crippen MR) is 95.7 cm³/mol. The number of amides is 1. The lowest BCUT2D eigenvalue weighted by molar-refractivity contribution is -0.148. The summed E-state index contributed by atoms with van der Waals surface area (Å²) in [5, 5.41) is 3.28. The van der Waals surface area contributed by atoms with Crippen LogP contribution in [0.3, 0.4) is 0 Å². The number of allylic oxidation sites excluding steroid dienone is 2. The largest absolute Gasteiger partial charge is 0.462 e. The molecule has 4 rings (SSSR count). The van der Waals surface area contributed by atoms with E-state index in [2.05, 4.69) is 31.3 Å². The molecule has 0 aromatic carbocycles. The SMILES string of the molecule is CC(=O)O[C@H]1CC[C@]2(C)C(=CC=C3[C@H]4CCC(=O)N[C@]4(C)CC[C@H]32)C1. The molecule has 3 fully saturated rings. The molecule has 25 heavy (non-hydrogen) atoms. The Balaban J connectivity index is 1.63. The molecule has 1 aliphatic heterocycles. The molecule has 0 aromatic rings. The van der Waals surface area contributed by atoms with Crippen molar-refractivity contribution in [3.8, 4) is 0 Å². The molecule has 1 N–H and O–H groups in total. The Morgan fingerprint density at radius 1 is 1.16 bits per heavy atom. The minimum absolute atomic E-state index is 0.0367. The maximum absolute atomic E-state index is 11.9. The van der Waals surface area contributed by atoms with Crippen LogP contribution < -0.4 is 5.32 Å². The first-order chi connectivity index (χ1) is 11.8. The number of esters is 1. The normalized spacial score (nSPS) is 42.8. The molecule has 136 valence electrons. The standard InChI is InChI=1S/C21H29NO3/c1-13(23)25-15-8-10-20(2)14(12-15)4-5-16-17(20)9-11-21(3)18(16)6-7-19(24)22-21/h4-5,15,17-18H,6-12H2,1-3H3,(H,22,24)/t15-,17+,18+,20+,21+/m0/s1. The summed E-state index contributed by atoms with van der Waals surface area (Å²) in [5.74, 6) is 1.06. The molecule has 1 heterocycles. The molecule has 0 unspecified atom stereocenters. The van der Waals surface area contributed by atoms with Crippen LogP contribution in [0.15, 0.2) is 23.3 Å². The fourth-order valence-electron chi connectivity index (χ4n) is 6.00. The highest BCUT2D eigenvalue weighted by atomic mass is 16.5. The number of carbonyl (C=O) groups is 2. The summed E-state index contributed by atoms with van der Waals surface area (Å²) < 4.78 is 5.49. The van der Waals surface area contributed by atoms with Gasteiger partial charge in [-0.05, 0) is 50.4 Å². The molecule has 4 aliphatic rings. The summed E-state index contributed by atoms with van der Waals surface area (Å²) in [6.07, 6.45) is 11.4. The van der Waals surface area contributed by atoms with Gasteiger partial charge in [-0.2, -0.15) is 0 Å². The van der Waals surface area contributed by atoms with Gasteiger partial charge in [-0.1, -0.05) is 30.2 Å². The highest BCUT2D eigenvalue weighted by molar-refractivity contribution is 5.78. The lowest BCUT2D eigenvalue weighted by Crippen LogP contribution is -2.60. The van der Waals surface area contributed by atoms with Crippen LogP contribution in [0.2, 0.25) is 0 Å². The van der Waals surface area contributed by atoms with E-state index in [1.165, 1.54) is 12.5 Å². The zero-order valence-electron chi connectivity index (χ0n) is 15.6. The highest BCUT2D eigenvalue weighted by Gasteiger charge is 2.53. The Bertz CT molecular complexity index is 679. The number of fused-ring (bicyclic) bond motifs is 5. The molecule has 2 saturated carbocycles. The van der Waals surface area contributed by atoms with Gasteiger partial charge in [-0.15, -0.1) is 0 Å². The monoisotopic (exact) mass is 343 g/mol. The second-order valence-electron chi connectivity index (χ2n) is 8.90. The van der Waals surface area contributed by atoms with Crippen LogP contribution in [0.4, 0.5) is 0 Å². The number of hydrogen-bond acceptors (Lipinski definition) is 3. The van der Waals surface area contributed by atoms with E-state index < -0.39 is 0 Å². The van der Waals surface area contributed by atoms with Crippen molar-refractivity contribution in [3.05, 3.63) is 23.3 Å². The van der Waals surface area contributed by atoms with Gasteiger partial charge in [0.05, 0.1) is 0 Å². The Kier molecular flexibility index (Phi) is 3.86. The molecule has 1 amide bonds. The van der Waals surface area contributed by atoms with E-state index in [-0.39, 0.29) is 28.9 Å². The first-order valence-corrected chi connectivity index (χ1v) is 9.71. The highest BCUT2D eigenvalue weighted by Crippen LogP contribution is 2.59. The van der Waals surface area contributed by atoms with Crippen molar-refractivity contribution >= 4 is 11.9 Å². The van der Waals surface area contributed by atoms with Gasteiger partial charge in [0.25, 0.3) is 0 Å². The quantitative estimate of drug-likeness (QED) is 0.739. The molecule has 3 aliphatic carbocycles. The van der Waals surface area contributed by atoms with Crippen molar-refractivity contribution < 1.29 is 14.3 Å². The van der Waals surface area contributed by atoms with Crippen LogP contribution in [-0.4, -0.2) is 23.5 Å². The number of piperidine rings is 1. The molecule has 4 heteroatoms. The number of rotatable bonds is 1. The summed E-state index contributed by atoms with van der Waals surface area (Å²) in [6, 6.07) is 0. The topological polar surface area (TPSA) is 55.4 Å². The maximum atomic E-state index is 11.9. The number of ether oxygens (including phenoxy) is 1. The van der Waals surface area contributed by atoms with Crippen molar-refractivity contribution in [1.82, 2.24) is 5.32 Å². The molecule has 0 radical (unpaired) electrons. The van der Waals surface area contributed by atoms with Crippen LogP contribution in [-0.2, 0) is 14.3 Å². The van der Waals surface area contributed by atoms with E-state index in [1.807, 2.05) is 0 Å². The molecule has 4 nitrogen and oxygen atoms in total. The van der Waals surface area contributed by atoms with Crippen LogP contribution in [0.25, 0.3) is 0 Å². The van der Waals surface area contributed by atoms with Crippen molar-refractivity contribution in [2.75, 3.05) is 0 Å². The number of carbonyl (C=O) groups excluding carboxylic acids is 2. The van der Waals surface area contributed by atoms with E-state index in [0.29, 0.717) is 18.3 Å². The van der Waals surface area contributed by atoms with Crippen molar-refractivity contribution in [2.45, 2.75) is 77.4 Å². The molecular formula is C21H29NO3. The lowest BCUT2D eigenvalue weighted by atomic mass is 9.51. The van der Waals surface area contributed by atoms with E-state index in [0.717, 1.165) is 38.5 Å². The molecule has 0 bridgehead atoms. The molecule has 1 saturated heterocycles. The van der Waals surface area contributed by atoms with Gasteiger partial charge < -0.3 is 10.1 Å². The van der Waals surface area contributed by atoms with Gasteiger partial charge in [0.15, 0.2) is 0 Å². The smallest absolute Gasteiger partial charge is 0.302 e. The fourth-order valence-corrected chi connectivity index (χ4v) is 6.00. The minimum atomic E-state index is -0.173. The average molecular weight is 343 g/mol. The van der Waals surface area contributed by atoms with Crippen LogP contribution in [0, 0.1) is 17.3 Å². The molecule has 0 spiro atoms. The summed E-state index contributed by atoms with van der Waals surface area (Å²) in [6.45, 7) is 6.13. The molecular weight excluding hydrogens is 314 g/mol. The zero-order valence-corrected chi connectivity index (χ0v) is 15.6. The third-order valence-corrected chi connectivity index (χ3v) is 7.36. The molecule has 0 aromatic heterocycles. The Labute approximate surface area is 150 Å². The van der Waals surface area contributed by atoms with Gasteiger partial charge >= 0.3 is 5.97 Å². The Morgan fingerprint density at radius 3 is 2.72 bits per heavy atom. The van der Waals surface area contributed by atoms with Crippen LogP contribution >= 0.6 is 0 Å². The third kappa shape index (κ3) is 2.65. The second-order valence-corrected chi connectivity index (χ2v) is 8.90. The lowest BCUT2D eigenvalue weighted by Gasteiger charge is -2.56. The van der Waals surface area contributed by atoms with E-state index >= 15 is 0 Å². The summed E-state index contributed by atoms with van der Waals surface area (Å²) in [5.41, 5.74) is 3.10. The number of nitrogens with one attached hydrogen (secondary N) is 1. The minimum Gasteiger partial charge on any atom is -0.462 e.